The number of rotatable bonds is 3. The lowest BCUT2D eigenvalue weighted by Gasteiger charge is -2.07. The molecule has 2 aromatic carbocycles. The van der Waals surface area contributed by atoms with E-state index in [9.17, 15) is 14.9 Å². The van der Waals surface area contributed by atoms with Gasteiger partial charge in [0.05, 0.1) is 10.5 Å². The number of aryl methyl sites for hydroxylation is 1. The molecule has 0 aromatic heterocycles. The van der Waals surface area contributed by atoms with Gasteiger partial charge in [-0.05, 0) is 18.6 Å². The summed E-state index contributed by atoms with van der Waals surface area (Å²) in [5, 5.41) is 19.9. The molecule has 2 aromatic rings. The van der Waals surface area contributed by atoms with E-state index in [2.05, 4.69) is 0 Å². The van der Waals surface area contributed by atoms with E-state index in [4.69, 9.17) is 5.11 Å². The first-order valence-corrected chi connectivity index (χ1v) is 5.58. The molecule has 0 aliphatic rings. The Hall–Kier alpha value is -2.69. The van der Waals surface area contributed by atoms with Crippen LogP contribution in [0.4, 0.5) is 5.69 Å². The molecule has 0 heterocycles. The van der Waals surface area contributed by atoms with E-state index in [1.807, 2.05) is 13.0 Å². The molecule has 2 rings (SSSR count). The highest BCUT2D eigenvalue weighted by molar-refractivity contribution is 5.96. The number of non-ortho nitro benzene ring substituents is 1. The van der Waals surface area contributed by atoms with Gasteiger partial charge in [-0.15, -0.1) is 0 Å². The molecule has 0 unspecified atom stereocenters. The number of carboxylic acids is 1. The van der Waals surface area contributed by atoms with Crippen LogP contribution in [0.15, 0.2) is 42.5 Å². The number of hydrogen-bond donors (Lipinski definition) is 1. The molecule has 5 heteroatoms. The van der Waals surface area contributed by atoms with Crippen LogP contribution >= 0.6 is 0 Å². The summed E-state index contributed by atoms with van der Waals surface area (Å²) in [4.78, 5) is 21.4. The van der Waals surface area contributed by atoms with Crippen molar-refractivity contribution < 1.29 is 14.8 Å². The Morgan fingerprint density at radius 3 is 2.53 bits per heavy atom. The van der Waals surface area contributed by atoms with Gasteiger partial charge in [0.25, 0.3) is 5.69 Å². The summed E-state index contributed by atoms with van der Waals surface area (Å²) in [5.41, 5.74) is 1.89. The molecule has 96 valence electrons. The van der Waals surface area contributed by atoms with Gasteiger partial charge in [0, 0.05) is 17.7 Å². The number of aromatic carboxylic acids is 1. The van der Waals surface area contributed by atoms with Crippen molar-refractivity contribution in [1.82, 2.24) is 0 Å². The van der Waals surface area contributed by atoms with Crippen LogP contribution in [0.5, 0.6) is 0 Å². The molecule has 0 bridgehead atoms. The van der Waals surface area contributed by atoms with E-state index in [1.54, 1.807) is 18.2 Å². The van der Waals surface area contributed by atoms with Crippen molar-refractivity contribution >= 4 is 11.7 Å². The van der Waals surface area contributed by atoms with Gasteiger partial charge < -0.3 is 5.11 Å². The Kier molecular flexibility index (Phi) is 3.29. The van der Waals surface area contributed by atoms with Crippen molar-refractivity contribution in [2.24, 2.45) is 0 Å². The average molecular weight is 257 g/mol. The second-order valence-electron chi connectivity index (χ2n) is 4.16. The normalized spacial score (nSPS) is 10.2. The Balaban J connectivity index is 2.67. The lowest BCUT2D eigenvalue weighted by atomic mass is 9.98. The van der Waals surface area contributed by atoms with Crippen molar-refractivity contribution in [1.29, 1.82) is 0 Å². The number of nitro groups is 1. The predicted octanol–water partition coefficient (Wildman–Crippen LogP) is 3.27. The van der Waals surface area contributed by atoms with Gasteiger partial charge in [0.15, 0.2) is 0 Å². The fourth-order valence-corrected chi connectivity index (χ4v) is 1.88. The molecule has 1 N–H and O–H groups in total. The highest BCUT2D eigenvalue weighted by Crippen LogP contribution is 2.28. The van der Waals surface area contributed by atoms with E-state index in [-0.39, 0.29) is 11.3 Å². The number of benzene rings is 2. The van der Waals surface area contributed by atoms with E-state index in [0.717, 1.165) is 5.56 Å². The lowest BCUT2D eigenvalue weighted by Crippen LogP contribution is -2.01. The second-order valence-corrected chi connectivity index (χ2v) is 4.16. The van der Waals surface area contributed by atoms with Gasteiger partial charge >= 0.3 is 5.97 Å². The highest BCUT2D eigenvalue weighted by Gasteiger charge is 2.16. The van der Waals surface area contributed by atoms with Crippen LogP contribution < -0.4 is 0 Å². The van der Waals surface area contributed by atoms with Crippen LogP contribution in [0, 0.1) is 17.0 Å². The van der Waals surface area contributed by atoms with E-state index in [0.29, 0.717) is 11.1 Å². The van der Waals surface area contributed by atoms with Crippen molar-refractivity contribution in [2.75, 3.05) is 0 Å². The fraction of sp³-hybridized carbons (Fsp3) is 0.0714. The third-order valence-corrected chi connectivity index (χ3v) is 2.77. The summed E-state index contributed by atoms with van der Waals surface area (Å²) < 4.78 is 0. The minimum atomic E-state index is -1.11. The minimum Gasteiger partial charge on any atom is -0.478 e. The highest BCUT2D eigenvalue weighted by atomic mass is 16.6. The number of hydrogen-bond acceptors (Lipinski definition) is 3. The van der Waals surface area contributed by atoms with Crippen LogP contribution in [0.2, 0.25) is 0 Å². The lowest BCUT2D eigenvalue weighted by molar-refractivity contribution is -0.384. The first-order valence-electron chi connectivity index (χ1n) is 5.58. The first kappa shape index (κ1) is 12.8. The van der Waals surface area contributed by atoms with Crippen molar-refractivity contribution in [3.05, 3.63) is 63.7 Å². The van der Waals surface area contributed by atoms with Gasteiger partial charge in [-0.1, -0.05) is 29.8 Å². The summed E-state index contributed by atoms with van der Waals surface area (Å²) in [7, 11) is 0. The summed E-state index contributed by atoms with van der Waals surface area (Å²) in [6.45, 7) is 1.88. The molecule has 19 heavy (non-hydrogen) atoms. The quantitative estimate of drug-likeness (QED) is 0.675. The summed E-state index contributed by atoms with van der Waals surface area (Å²) in [5.74, 6) is -1.11. The van der Waals surface area contributed by atoms with Crippen molar-refractivity contribution in [2.45, 2.75) is 6.92 Å². The maximum atomic E-state index is 11.2. The maximum absolute atomic E-state index is 11.2. The van der Waals surface area contributed by atoms with Gasteiger partial charge in [-0.2, -0.15) is 0 Å². The third-order valence-electron chi connectivity index (χ3n) is 2.77. The number of nitro benzene ring substituents is 1. The Morgan fingerprint density at radius 2 is 1.95 bits per heavy atom. The van der Waals surface area contributed by atoms with Crippen LogP contribution in [0.3, 0.4) is 0 Å². The zero-order valence-corrected chi connectivity index (χ0v) is 10.2. The number of carbonyl (C=O) groups is 1. The van der Waals surface area contributed by atoms with Crippen LogP contribution in [0.1, 0.15) is 15.9 Å². The molecular formula is C14H11NO4. The monoisotopic (exact) mass is 257 g/mol. The zero-order chi connectivity index (χ0) is 14.0. The Labute approximate surface area is 109 Å². The third kappa shape index (κ3) is 2.60. The van der Waals surface area contributed by atoms with Gasteiger partial charge in [-0.3, -0.25) is 10.1 Å². The van der Waals surface area contributed by atoms with Crippen LogP contribution in [-0.2, 0) is 0 Å². The molecule has 0 aliphatic carbocycles. The van der Waals surface area contributed by atoms with Crippen LogP contribution in [-0.4, -0.2) is 16.0 Å². The van der Waals surface area contributed by atoms with E-state index < -0.39 is 10.9 Å². The van der Waals surface area contributed by atoms with E-state index >= 15 is 0 Å². The molecule has 0 fully saturated rings. The smallest absolute Gasteiger partial charge is 0.336 e. The summed E-state index contributed by atoms with van der Waals surface area (Å²) >= 11 is 0. The van der Waals surface area contributed by atoms with E-state index in [1.165, 1.54) is 18.2 Å². The number of nitrogens with zero attached hydrogens (tertiary/aromatic N) is 1. The minimum absolute atomic E-state index is 0.0520. The molecule has 5 nitrogen and oxygen atoms in total. The van der Waals surface area contributed by atoms with Crippen LogP contribution in [0.25, 0.3) is 11.1 Å². The molecule has 0 radical (unpaired) electrons. The predicted molar refractivity (Wildman–Crippen MR) is 70.2 cm³/mol. The number of carboxylic acid groups (broad SMARTS) is 1. The summed E-state index contributed by atoms with van der Waals surface area (Å²) in [6.07, 6.45) is 0. The van der Waals surface area contributed by atoms with Gasteiger partial charge in [-0.25, -0.2) is 4.79 Å². The molecule has 0 atom stereocenters. The van der Waals surface area contributed by atoms with Gasteiger partial charge in [0.2, 0.25) is 0 Å². The standard InChI is InChI=1S/C14H11NO4/c1-9-3-2-4-10(7-9)13-8-11(15(18)19)5-6-12(13)14(16)17/h2-8H,1H3,(H,16,17). The second kappa shape index (κ2) is 4.89. The Bertz CT molecular complexity index is 664. The van der Waals surface area contributed by atoms with Crippen molar-refractivity contribution in [3.63, 3.8) is 0 Å². The topological polar surface area (TPSA) is 80.4 Å². The maximum Gasteiger partial charge on any atom is 0.336 e. The Morgan fingerprint density at radius 1 is 1.21 bits per heavy atom. The molecule has 0 saturated heterocycles. The average Bonchev–Trinajstić information content (AvgIpc) is 2.37. The SMILES string of the molecule is Cc1cccc(-c2cc([N+](=O)[O-])ccc2C(=O)O)c1. The molecule has 0 amide bonds. The largest absolute Gasteiger partial charge is 0.478 e. The van der Waals surface area contributed by atoms with Gasteiger partial charge in [0.1, 0.15) is 0 Å². The first-order chi connectivity index (χ1) is 8.99. The fourth-order valence-electron chi connectivity index (χ4n) is 1.88. The summed E-state index contributed by atoms with van der Waals surface area (Å²) in [6, 6.07) is 10.9. The molecular weight excluding hydrogens is 246 g/mol. The molecule has 0 spiro atoms. The zero-order valence-electron chi connectivity index (χ0n) is 10.2. The van der Waals surface area contributed by atoms with Crippen molar-refractivity contribution in [3.8, 4) is 11.1 Å². The molecule has 0 saturated carbocycles. The molecule has 0 aliphatic heterocycles.